The summed E-state index contributed by atoms with van der Waals surface area (Å²) in [7, 11) is 1.55. The van der Waals surface area contributed by atoms with Crippen molar-refractivity contribution in [2.24, 2.45) is 0 Å². The molecule has 0 aliphatic carbocycles. The van der Waals surface area contributed by atoms with Crippen LogP contribution < -0.4 is 9.47 Å². The second-order valence-corrected chi connectivity index (χ2v) is 8.28. The van der Waals surface area contributed by atoms with Crippen molar-refractivity contribution in [2.45, 2.75) is 32.2 Å². The Hall–Kier alpha value is -3.26. The lowest BCUT2D eigenvalue weighted by Crippen LogP contribution is -2.37. The van der Waals surface area contributed by atoms with Gasteiger partial charge in [-0.25, -0.2) is 0 Å². The number of carbonyl (C=O) groups excluding carboxylic acids is 2. The van der Waals surface area contributed by atoms with Gasteiger partial charge in [0.15, 0.2) is 23.0 Å². The zero-order valence-corrected chi connectivity index (χ0v) is 19.1. The third-order valence-electron chi connectivity index (χ3n) is 6.11. The number of benzene rings is 1. The van der Waals surface area contributed by atoms with Crippen LogP contribution in [-0.2, 0) is 4.79 Å². The monoisotopic (exact) mass is 454 g/mol. The largest absolute Gasteiger partial charge is 0.503 e. The maximum Gasteiger partial charge on any atom is 0.290 e. The van der Waals surface area contributed by atoms with Crippen LogP contribution in [0.25, 0.3) is 0 Å². The predicted octanol–water partition coefficient (Wildman–Crippen LogP) is 3.75. The second-order valence-electron chi connectivity index (χ2n) is 8.28. The lowest BCUT2D eigenvalue weighted by Gasteiger charge is -2.29. The minimum Gasteiger partial charge on any atom is -0.503 e. The van der Waals surface area contributed by atoms with E-state index < -0.39 is 23.5 Å². The van der Waals surface area contributed by atoms with E-state index in [2.05, 4.69) is 4.90 Å². The van der Waals surface area contributed by atoms with E-state index in [9.17, 15) is 14.7 Å². The summed E-state index contributed by atoms with van der Waals surface area (Å²) in [6.45, 7) is 5.60. The Morgan fingerprint density at radius 2 is 1.97 bits per heavy atom. The molecule has 1 amide bonds. The molecule has 8 nitrogen and oxygen atoms in total. The Bertz CT molecular complexity index is 1020. The van der Waals surface area contributed by atoms with Gasteiger partial charge in [-0.15, -0.1) is 0 Å². The van der Waals surface area contributed by atoms with Crippen molar-refractivity contribution in [1.29, 1.82) is 0 Å². The maximum absolute atomic E-state index is 13.3. The van der Waals surface area contributed by atoms with Gasteiger partial charge in [-0.3, -0.25) is 9.59 Å². The highest BCUT2D eigenvalue weighted by atomic mass is 16.5. The van der Waals surface area contributed by atoms with Gasteiger partial charge >= 0.3 is 0 Å². The summed E-state index contributed by atoms with van der Waals surface area (Å²) in [5.41, 5.74) is 0.671. The predicted molar refractivity (Wildman–Crippen MR) is 122 cm³/mol. The van der Waals surface area contributed by atoms with E-state index in [1.54, 1.807) is 30.2 Å². The summed E-state index contributed by atoms with van der Waals surface area (Å²) in [5.74, 6) is -0.435. The van der Waals surface area contributed by atoms with E-state index in [-0.39, 0.29) is 11.3 Å². The highest BCUT2D eigenvalue weighted by molar-refractivity contribution is 6.15. The number of Topliss-reactive ketones (excluding diaryl/α,β-unsaturated/α-hetero) is 1. The van der Waals surface area contributed by atoms with Gasteiger partial charge in [-0.1, -0.05) is 13.0 Å². The number of ether oxygens (including phenoxy) is 2. The molecule has 0 spiro atoms. The number of aliphatic hydroxyl groups excluding tert-OH is 1. The van der Waals surface area contributed by atoms with Crippen LogP contribution in [0.4, 0.5) is 0 Å². The molecule has 1 N–H and O–H groups in total. The van der Waals surface area contributed by atoms with Crippen molar-refractivity contribution in [3.8, 4) is 11.5 Å². The minimum atomic E-state index is -0.758. The number of ketones is 1. The molecule has 1 aromatic carbocycles. The number of likely N-dealkylation sites (tertiary alicyclic amines) is 1. The first-order valence-corrected chi connectivity index (χ1v) is 11.4. The van der Waals surface area contributed by atoms with E-state index in [1.165, 1.54) is 12.3 Å². The first-order chi connectivity index (χ1) is 16.0. The van der Waals surface area contributed by atoms with Gasteiger partial charge in [0.2, 0.25) is 5.78 Å². The van der Waals surface area contributed by atoms with Crippen LogP contribution in [0, 0.1) is 0 Å². The molecule has 1 saturated heterocycles. The first kappa shape index (κ1) is 22.9. The van der Waals surface area contributed by atoms with Gasteiger partial charge in [-0.2, -0.15) is 0 Å². The number of nitrogens with zero attached hydrogens (tertiary/aromatic N) is 2. The molecule has 0 bridgehead atoms. The Kier molecular flexibility index (Phi) is 7.03. The first-order valence-electron chi connectivity index (χ1n) is 11.4. The van der Waals surface area contributed by atoms with Crippen LogP contribution in [0.15, 0.2) is 52.3 Å². The zero-order valence-electron chi connectivity index (χ0n) is 19.1. The third-order valence-corrected chi connectivity index (χ3v) is 6.11. The van der Waals surface area contributed by atoms with Crippen LogP contribution in [0.5, 0.6) is 11.5 Å². The summed E-state index contributed by atoms with van der Waals surface area (Å²) in [4.78, 5) is 30.2. The topological polar surface area (TPSA) is 92.5 Å². The molecule has 0 radical (unpaired) electrons. The van der Waals surface area contributed by atoms with Crippen molar-refractivity contribution in [3.63, 3.8) is 0 Å². The standard InChI is InChI=1S/C25H30N2O6/c1-3-14-32-18-9-8-17(16-20(18)31-2)22-21(23(28)19-7-6-15-33-19)24(29)25(30)27(22)13-12-26-10-4-5-11-26/h6-9,15-16,22,29H,3-5,10-14H2,1-2H3. The molecular formula is C25H30N2O6. The average molecular weight is 455 g/mol. The molecule has 1 unspecified atom stereocenters. The van der Waals surface area contributed by atoms with Gasteiger partial charge < -0.3 is 28.8 Å². The molecule has 2 aliphatic heterocycles. The van der Waals surface area contributed by atoms with E-state index >= 15 is 0 Å². The molecule has 176 valence electrons. The minimum absolute atomic E-state index is 0.0145. The number of hydrogen-bond acceptors (Lipinski definition) is 7. The molecule has 1 aromatic heterocycles. The van der Waals surface area contributed by atoms with Crippen molar-refractivity contribution in [1.82, 2.24) is 9.80 Å². The van der Waals surface area contributed by atoms with Crippen molar-refractivity contribution < 1.29 is 28.6 Å². The Balaban J connectivity index is 1.71. The van der Waals surface area contributed by atoms with Crippen LogP contribution in [0.1, 0.15) is 48.3 Å². The molecule has 8 heteroatoms. The van der Waals surface area contributed by atoms with Gasteiger partial charge in [0.25, 0.3) is 5.91 Å². The molecule has 0 saturated carbocycles. The van der Waals surface area contributed by atoms with Gasteiger partial charge in [-0.05, 0) is 62.2 Å². The van der Waals surface area contributed by atoms with E-state index in [1.807, 2.05) is 13.0 Å². The Morgan fingerprint density at radius 1 is 1.18 bits per heavy atom. The van der Waals surface area contributed by atoms with Gasteiger partial charge in [0.05, 0.1) is 31.6 Å². The molecule has 33 heavy (non-hydrogen) atoms. The average Bonchev–Trinajstić information content (AvgIpc) is 3.59. The highest BCUT2D eigenvalue weighted by Gasteiger charge is 2.44. The van der Waals surface area contributed by atoms with Gasteiger partial charge in [0.1, 0.15) is 0 Å². The summed E-state index contributed by atoms with van der Waals surface area (Å²) in [6, 6.07) is 7.72. The van der Waals surface area contributed by atoms with Crippen LogP contribution in [-0.4, -0.2) is 66.5 Å². The highest BCUT2D eigenvalue weighted by Crippen LogP contribution is 2.41. The smallest absolute Gasteiger partial charge is 0.290 e. The normalized spacial score (nSPS) is 18.9. The molecule has 4 rings (SSSR count). The van der Waals surface area contributed by atoms with Crippen molar-refractivity contribution >= 4 is 11.7 Å². The maximum atomic E-state index is 13.3. The lowest BCUT2D eigenvalue weighted by molar-refractivity contribution is -0.129. The summed E-state index contributed by atoms with van der Waals surface area (Å²) in [5, 5.41) is 10.8. The molecule has 1 fully saturated rings. The fraction of sp³-hybridized carbons (Fsp3) is 0.440. The van der Waals surface area contributed by atoms with Crippen LogP contribution in [0.3, 0.4) is 0 Å². The molecule has 2 aromatic rings. The Morgan fingerprint density at radius 3 is 2.64 bits per heavy atom. The second kappa shape index (κ2) is 10.1. The summed E-state index contributed by atoms with van der Waals surface area (Å²) in [6.07, 6.45) is 4.52. The number of carbonyl (C=O) groups is 2. The quantitative estimate of drug-likeness (QED) is 0.547. The fourth-order valence-corrected chi connectivity index (χ4v) is 4.44. The number of furan rings is 1. The molecule has 3 heterocycles. The van der Waals surface area contributed by atoms with Gasteiger partial charge in [0, 0.05) is 13.1 Å². The lowest BCUT2D eigenvalue weighted by atomic mass is 9.94. The zero-order chi connectivity index (χ0) is 23.4. The number of methoxy groups -OCH3 is 1. The summed E-state index contributed by atoms with van der Waals surface area (Å²) >= 11 is 0. The molecule has 2 aliphatic rings. The Labute approximate surface area is 193 Å². The fourth-order valence-electron chi connectivity index (χ4n) is 4.44. The van der Waals surface area contributed by atoms with Crippen molar-refractivity contribution in [2.75, 3.05) is 39.9 Å². The van der Waals surface area contributed by atoms with E-state index in [0.29, 0.717) is 36.8 Å². The number of rotatable bonds is 10. The molecular weight excluding hydrogens is 424 g/mol. The van der Waals surface area contributed by atoms with E-state index in [4.69, 9.17) is 13.9 Å². The molecule has 1 atom stereocenters. The number of amides is 1. The van der Waals surface area contributed by atoms with E-state index in [0.717, 1.165) is 32.4 Å². The SMILES string of the molecule is CCCOc1ccc(C2C(C(=O)c3ccco3)=C(O)C(=O)N2CCN2CCCC2)cc1OC. The van der Waals surface area contributed by atoms with Crippen molar-refractivity contribution in [3.05, 3.63) is 59.3 Å². The summed E-state index contributed by atoms with van der Waals surface area (Å²) < 4.78 is 16.6. The number of aliphatic hydroxyl groups is 1. The van der Waals surface area contributed by atoms with Crippen LogP contribution in [0.2, 0.25) is 0 Å². The number of hydrogen-bond donors (Lipinski definition) is 1. The third kappa shape index (κ3) is 4.61. The van der Waals surface area contributed by atoms with Crippen LogP contribution >= 0.6 is 0 Å².